The number of halogens is 1. The Kier molecular flexibility index (Phi) is 6.10. The van der Waals surface area contributed by atoms with Crippen molar-refractivity contribution in [1.29, 1.82) is 0 Å². The summed E-state index contributed by atoms with van der Waals surface area (Å²) >= 11 is 0. The van der Waals surface area contributed by atoms with Crippen molar-refractivity contribution in [2.45, 2.75) is 78.0 Å². The summed E-state index contributed by atoms with van der Waals surface area (Å²) in [5.41, 5.74) is 3.23. The average Bonchev–Trinajstić information content (AvgIpc) is 3.23. The zero-order valence-electron chi connectivity index (χ0n) is 20.4. The molecule has 2 saturated heterocycles. The minimum Gasteiger partial charge on any atom is -0.362 e. The number of amides is 1. The molecule has 3 heterocycles. The zero-order chi connectivity index (χ0) is 24.1. The van der Waals surface area contributed by atoms with E-state index in [0.717, 1.165) is 16.8 Å². The maximum absolute atomic E-state index is 14.1. The van der Waals surface area contributed by atoms with Crippen molar-refractivity contribution in [2.75, 3.05) is 11.9 Å². The molecule has 0 aliphatic carbocycles. The van der Waals surface area contributed by atoms with Gasteiger partial charge in [0, 0.05) is 5.92 Å². The number of hydrogen-bond donors (Lipinski definition) is 1. The van der Waals surface area contributed by atoms with Crippen molar-refractivity contribution in [1.82, 2.24) is 4.98 Å². The minimum atomic E-state index is -0.703. The Morgan fingerprint density at radius 1 is 1.09 bits per heavy atom. The van der Waals surface area contributed by atoms with Gasteiger partial charge in [0.25, 0.3) is 5.91 Å². The highest BCUT2D eigenvalue weighted by atomic mass is 19.1. The van der Waals surface area contributed by atoms with Crippen molar-refractivity contribution in [3.05, 3.63) is 58.7 Å². The second-order valence-corrected chi connectivity index (χ2v) is 10.1. The molecule has 1 N–H and O–H groups in total. The topological polar surface area (TPSA) is 69.7 Å². The summed E-state index contributed by atoms with van der Waals surface area (Å²) < 4.78 is 31.8. The van der Waals surface area contributed by atoms with Crippen LogP contribution in [0.4, 0.5) is 10.1 Å². The number of carbonyl (C=O) groups is 1. The largest absolute Gasteiger partial charge is 0.362 e. The maximum atomic E-state index is 14.1. The maximum Gasteiger partial charge on any atom is 0.254 e. The fourth-order valence-corrected chi connectivity index (χ4v) is 4.74. The van der Waals surface area contributed by atoms with Crippen LogP contribution in [0, 0.1) is 25.6 Å². The van der Waals surface area contributed by atoms with Crippen LogP contribution in [0.2, 0.25) is 0 Å². The Morgan fingerprint density at radius 2 is 1.82 bits per heavy atom. The van der Waals surface area contributed by atoms with Crippen LogP contribution in [0.15, 0.2) is 30.5 Å². The molecular weight excluding hydrogens is 423 g/mol. The fraction of sp³-hybridized carbons (Fsp3) is 0.538. The molecule has 1 aromatic heterocycles. The smallest absolute Gasteiger partial charge is 0.254 e. The van der Waals surface area contributed by atoms with Gasteiger partial charge in [0.05, 0.1) is 29.8 Å². The molecule has 6 nitrogen and oxygen atoms in total. The molecule has 1 aromatic carbocycles. The van der Waals surface area contributed by atoms with E-state index in [1.165, 1.54) is 6.07 Å². The molecule has 2 fully saturated rings. The molecule has 33 heavy (non-hydrogen) atoms. The number of aromatic nitrogens is 1. The van der Waals surface area contributed by atoms with Crippen molar-refractivity contribution in [3.63, 3.8) is 0 Å². The summed E-state index contributed by atoms with van der Waals surface area (Å²) in [5.74, 6) is -1.25. The van der Waals surface area contributed by atoms with Crippen LogP contribution in [0.1, 0.15) is 69.0 Å². The van der Waals surface area contributed by atoms with Gasteiger partial charge in [0.2, 0.25) is 0 Å². The number of nitrogens with one attached hydrogen (secondary N) is 1. The number of ether oxygens (including phenoxy) is 3. The quantitative estimate of drug-likeness (QED) is 0.685. The standard InChI is InChI=1S/C26H33FN2O4/c1-14-15(2)19(27)10-9-18(14)22-16(3)25(4,5)33-23(22)24(30)29-17-8-11-20(28-12-17)21-13-31-26(6,7)32-21/h8-12,16,21-23H,13H2,1-7H3,(H,29,30)/t16-,21+,22-,23+/m0/s1. The van der Waals surface area contributed by atoms with Gasteiger partial charge >= 0.3 is 0 Å². The van der Waals surface area contributed by atoms with E-state index in [4.69, 9.17) is 14.2 Å². The summed E-state index contributed by atoms with van der Waals surface area (Å²) in [6, 6.07) is 6.90. The van der Waals surface area contributed by atoms with Gasteiger partial charge in [-0.2, -0.15) is 0 Å². The van der Waals surface area contributed by atoms with Gasteiger partial charge in [-0.1, -0.05) is 13.0 Å². The van der Waals surface area contributed by atoms with Crippen molar-refractivity contribution < 1.29 is 23.4 Å². The lowest BCUT2D eigenvalue weighted by molar-refractivity contribution is -0.139. The number of carbonyl (C=O) groups excluding carboxylic acids is 1. The van der Waals surface area contributed by atoms with E-state index in [1.54, 1.807) is 25.3 Å². The molecule has 4 atom stereocenters. The molecule has 0 spiro atoms. The highest BCUT2D eigenvalue weighted by Crippen LogP contribution is 2.47. The fourth-order valence-electron chi connectivity index (χ4n) is 4.74. The summed E-state index contributed by atoms with van der Waals surface area (Å²) in [7, 11) is 0. The molecule has 2 aliphatic heterocycles. The number of anilines is 1. The molecule has 0 radical (unpaired) electrons. The van der Waals surface area contributed by atoms with Crippen LogP contribution < -0.4 is 5.32 Å². The summed E-state index contributed by atoms with van der Waals surface area (Å²) in [6.07, 6.45) is 0.678. The van der Waals surface area contributed by atoms with Gasteiger partial charge in [0.1, 0.15) is 18.0 Å². The van der Waals surface area contributed by atoms with Crippen LogP contribution in [-0.4, -0.2) is 35.0 Å². The van der Waals surface area contributed by atoms with E-state index in [0.29, 0.717) is 17.9 Å². The highest BCUT2D eigenvalue weighted by molar-refractivity contribution is 5.95. The Labute approximate surface area is 194 Å². The van der Waals surface area contributed by atoms with E-state index in [1.807, 2.05) is 40.7 Å². The highest BCUT2D eigenvalue weighted by Gasteiger charge is 2.51. The van der Waals surface area contributed by atoms with Crippen LogP contribution in [0.5, 0.6) is 0 Å². The molecule has 4 rings (SSSR count). The van der Waals surface area contributed by atoms with Gasteiger partial charge in [-0.3, -0.25) is 9.78 Å². The second-order valence-electron chi connectivity index (χ2n) is 10.1. The van der Waals surface area contributed by atoms with Gasteiger partial charge < -0.3 is 19.5 Å². The van der Waals surface area contributed by atoms with Crippen LogP contribution >= 0.6 is 0 Å². The first-order valence-electron chi connectivity index (χ1n) is 11.4. The number of hydrogen-bond acceptors (Lipinski definition) is 5. The summed E-state index contributed by atoms with van der Waals surface area (Å²) in [5, 5.41) is 2.95. The van der Waals surface area contributed by atoms with E-state index in [9.17, 15) is 9.18 Å². The molecule has 0 unspecified atom stereocenters. The second kappa shape index (κ2) is 8.46. The van der Waals surface area contributed by atoms with Crippen molar-refractivity contribution >= 4 is 11.6 Å². The number of pyridine rings is 1. The first-order valence-corrected chi connectivity index (χ1v) is 11.4. The first kappa shape index (κ1) is 23.8. The van der Waals surface area contributed by atoms with Crippen LogP contribution in [-0.2, 0) is 19.0 Å². The lowest BCUT2D eigenvalue weighted by atomic mass is 9.76. The number of nitrogens with zero attached hydrogens (tertiary/aromatic N) is 1. The monoisotopic (exact) mass is 456 g/mol. The van der Waals surface area contributed by atoms with Crippen LogP contribution in [0.3, 0.4) is 0 Å². The third-order valence-corrected chi connectivity index (χ3v) is 7.16. The van der Waals surface area contributed by atoms with E-state index in [2.05, 4.69) is 17.2 Å². The van der Waals surface area contributed by atoms with Crippen molar-refractivity contribution in [2.24, 2.45) is 5.92 Å². The first-order chi connectivity index (χ1) is 15.4. The van der Waals surface area contributed by atoms with Gasteiger partial charge in [-0.15, -0.1) is 0 Å². The summed E-state index contributed by atoms with van der Waals surface area (Å²) in [4.78, 5) is 17.8. The van der Waals surface area contributed by atoms with E-state index >= 15 is 0 Å². The Morgan fingerprint density at radius 3 is 2.42 bits per heavy atom. The predicted molar refractivity (Wildman–Crippen MR) is 123 cm³/mol. The van der Waals surface area contributed by atoms with Gasteiger partial charge in [-0.25, -0.2) is 4.39 Å². The SMILES string of the molecule is Cc1c(F)ccc([C@H]2[C@H](C(=O)Nc3ccc([C@H]4COC(C)(C)O4)nc3)OC(C)(C)[C@H]2C)c1C. The molecule has 178 valence electrons. The average molecular weight is 457 g/mol. The van der Waals surface area contributed by atoms with Crippen molar-refractivity contribution in [3.8, 4) is 0 Å². The summed E-state index contributed by atoms with van der Waals surface area (Å²) in [6.45, 7) is 13.9. The Hall–Kier alpha value is -2.35. The van der Waals surface area contributed by atoms with Gasteiger partial charge in [0.15, 0.2) is 5.79 Å². The van der Waals surface area contributed by atoms with E-state index in [-0.39, 0.29) is 29.7 Å². The lowest BCUT2D eigenvalue weighted by Crippen LogP contribution is -2.33. The molecule has 7 heteroatoms. The zero-order valence-corrected chi connectivity index (χ0v) is 20.4. The Balaban J connectivity index is 1.54. The predicted octanol–water partition coefficient (Wildman–Crippen LogP) is 5.20. The lowest BCUT2D eigenvalue weighted by Gasteiger charge is -2.26. The molecule has 0 bridgehead atoms. The van der Waals surface area contributed by atoms with Crippen LogP contribution in [0.25, 0.3) is 0 Å². The molecule has 1 amide bonds. The minimum absolute atomic E-state index is 0.0557. The normalized spacial score (nSPS) is 28.1. The molecule has 0 saturated carbocycles. The Bertz CT molecular complexity index is 1050. The number of rotatable bonds is 4. The molecule has 2 aromatic rings. The third-order valence-electron chi connectivity index (χ3n) is 7.16. The molecule has 2 aliphatic rings. The molecular formula is C26H33FN2O4. The number of benzene rings is 1. The van der Waals surface area contributed by atoms with Gasteiger partial charge in [-0.05, 0) is 82.3 Å². The third kappa shape index (κ3) is 4.54. The van der Waals surface area contributed by atoms with E-state index < -0.39 is 17.5 Å².